The molecule has 0 saturated carbocycles. The molecule has 1 rings (SSSR count). The van der Waals surface area contributed by atoms with Crippen molar-refractivity contribution < 1.29 is 19.1 Å². The number of nitrogens with two attached hydrogens (primary N) is 1. The highest BCUT2D eigenvalue weighted by atomic mass is 19.1. The van der Waals surface area contributed by atoms with Crippen LogP contribution in [0.2, 0.25) is 0 Å². The van der Waals surface area contributed by atoms with Crippen LogP contribution in [0.4, 0.5) is 4.39 Å². The van der Waals surface area contributed by atoms with Crippen molar-refractivity contribution in [2.45, 2.75) is 31.8 Å². The van der Waals surface area contributed by atoms with Gasteiger partial charge in [-0.2, -0.15) is 0 Å². The van der Waals surface area contributed by atoms with E-state index in [0.29, 0.717) is 5.56 Å². The first-order chi connectivity index (χ1) is 8.70. The van der Waals surface area contributed by atoms with Crippen LogP contribution in [0.25, 0.3) is 0 Å². The second-order valence-electron chi connectivity index (χ2n) is 4.92. The normalized spacial score (nSPS) is 12.8. The molecule has 0 radical (unpaired) electrons. The minimum absolute atomic E-state index is 0.00505. The first-order valence-corrected chi connectivity index (χ1v) is 5.77. The van der Waals surface area contributed by atoms with E-state index in [4.69, 9.17) is 10.8 Å². The number of hydrogen-bond acceptors (Lipinski definition) is 3. The second-order valence-corrected chi connectivity index (χ2v) is 4.92. The monoisotopic (exact) mass is 268 g/mol. The molecule has 5 nitrogen and oxygen atoms in total. The molecular weight excluding hydrogens is 251 g/mol. The number of aliphatic carboxylic acids is 1. The summed E-state index contributed by atoms with van der Waals surface area (Å²) in [5.74, 6) is -2.22. The summed E-state index contributed by atoms with van der Waals surface area (Å²) in [4.78, 5) is 22.8. The summed E-state index contributed by atoms with van der Waals surface area (Å²) in [6.45, 7) is 2.95. The number of hydrogen-bond donors (Lipinski definition) is 3. The highest BCUT2D eigenvalue weighted by Crippen LogP contribution is 2.08. The number of nitrogens with one attached hydrogen (secondary N) is 1. The number of rotatable bonds is 5. The van der Waals surface area contributed by atoms with Crippen LogP contribution in [0.15, 0.2) is 24.3 Å². The van der Waals surface area contributed by atoms with Crippen LogP contribution in [-0.4, -0.2) is 28.6 Å². The molecular formula is C13H17FN2O3. The number of halogens is 1. The van der Waals surface area contributed by atoms with Crippen molar-refractivity contribution in [3.8, 4) is 0 Å². The predicted molar refractivity (Wildman–Crippen MR) is 67.9 cm³/mol. The molecule has 1 amide bonds. The smallest absolute Gasteiger partial charge is 0.326 e. The molecule has 0 saturated heterocycles. The Morgan fingerprint density at radius 2 is 2.11 bits per heavy atom. The average molecular weight is 268 g/mol. The Kier molecular flexibility index (Phi) is 4.61. The van der Waals surface area contributed by atoms with Crippen molar-refractivity contribution in [3.05, 3.63) is 35.6 Å². The van der Waals surface area contributed by atoms with E-state index < -0.39 is 29.3 Å². The SMILES string of the molecule is CC(C)(N)C(=O)NC(Cc1cccc(F)c1)C(=O)O. The summed E-state index contributed by atoms with van der Waals surface area (Å²) in [6, 6.07) is 4.44. The Hall–Kier alpha value is -1.95. The van der Waals surface area contributed by atoms with E-state index in [-0.39, 0.29) is 6.42 Å². The number of carbonyl (C=O) groups is 2. The summed E-state index contributed by atoms with van der Waals surface area (Å²) in [7, 11) is 0. The Bertz CT molecular complexity index is 483. The van der Waals surface area contributed by atoms with Gasteiger partial charge in [-0.1, -0.05) is 12.1 Å². The molecule has 0 aromatic heterocycles. The van der Waals surface area contributed by atoms with Crippen molar-refractivity contribution in [1.82, 2.24) is 5.32 Å². The fourth-order valence-electron chi connectivity index (χ4n) is 1.44. The van der Waals surface area contributed by atoms with Gasteiger partial charge in [0, 0.05) is 6.42 Å². The minimum atomic E-state index is -1.19. The first-order valence-electron chi connectivity index (χ1n) is 5.77. The van der Waals surface area contributed by atoms with Gasteiger partial charge in [0.2, 0.25) is 5.91 Å². The van der Waals surface area contributed by atoms with Gasteiger partial charge in [-0.3, -0.25) is 4.79 Å². The second kappa shape index (κ2) is 5.79. The minimum Gasteiger partial charge on any atom is -0.480 e. The van der Waals surface area contributed by atoms with Crippen LogP contribution in [0.3, 0.4) is 0 Å². The van der Waals surface area contributed by atoms with E-state index in [1.54, 1.807) is 6.07 Å². The lowest BCUT2D eigenvalue weighted by molar-refractivity contribution is -0.142. The summed E-state index contributed by atoms with van der Waals surface area (Å²) in [6.07, 6.45) is -0.00505. The van der Waals surface area contributed by atoms with Gasteiger partial charge in [0.25, 0.3) is 0 Å². The molecule has 104 valence electrons. The fraction of sp³-hybridized carbons (Fsp3) is 0.385. The van der Waals surface area contributed by atoms with E-state index >= 15 is 0 Å². The summed E-state index contributed by atoms with van der Waals surface area (Å²) >= 11 is 0. The molecule has 0 fully saturated rings. The number of benzene rings is 1. The number of amides is 1. The maximum Gasteiger partial charge on any atom is 0.326 e. The van der Waals surface area contributed by atoms with E-state index in [1.165, 1.54) is 32.0 Å². The zero-order valence-corrected chi connectivity index (χ0v) is 10.8. The van der Waals surface area contributed by atoms with Crippen molar-refractivity contribution >= 4 is 11.9 Å². The molecule has 0 spiro atoms. The van der Waals surface area contributed by atoms with Gasteiger partial charge in [0.05, 0.1) is 5.54 Å². The van der Waals surface area contributed by atoms with Crippen LogP contribution in [-0.2, 0) is 16.0 Å². The molecule has 19 heavy (non-hydrogen) atoms. The molecule has 6 heteroatoms. The highest BCUT2D eigenvalue weighted by Gasteiger charge is 2.27. The number of carboxylic acid groups (broad SMARTS) is 1. The lowest BCUT2D eigenvalue weighted by atomic mass is 10.0. The predicted octanol–water partition coefficient (Wildman–Crippen LogP) is 0.675. The molecule has 1 aromatic rings. The third-order valence-corrected chi connectivity index (χ3v) is 2.52. The molecule has 0 aliphatic rings. The summed E-state index contributed by atoms with van der Waals surface area (Å²) in [5.41, 5.74) is 4.90. The van der Waals surface area contributed by atoms with Gasteiger partial charge in [-0.15, -0.1) is 0 Å². The molecule has 1 atom stereocenters. The summed E-state index contributed by atoms with van der Waals surface area (Å²) in [5, 5.41) is 11.4. The molecule has 0 bridgehead atoms. The third kappa shape index (κ3) is 4.67. The van der Waals surface area contributed by atoms with Crippen LogP contribution >= 0.6 is 0 Å². The van der Waals surface area contributed by atoms with Gasteiger partial charge in [0.15, 0.2) is 0 Å². The van der Waals surface area contributed by atoms with Crippen LogP contribution in [0.5, 0.6) is 0 Å². The van der Waals surface area contributed by atoms with Crippen molar-refractivity contribution in [1.29, 1.82) is 0 Å². The third-order valence-electron chi connectivity index (χ3n) is 2.52. The van der Waals surface area contributed by atoms with Gasteiger partial charge in [0.1, 0.15) is 11.9 Å². The Morgan fingerprint density at radius 1 is 1.47 bits per heavy atom. The molecule has 4 N–H and O–H groups in total. The van der Waals surface area contributed by atoms with Crippen LogP contribution in [0.1, 0.15) is 19.4 Å². The Labute approximate surface area is 110 Å². The highest BCUT2D eigenvalue weighted by molar-refractivity contribution is 5.89. The first kappa shape index (κ1) is 15.1. The quantitative estimate of drug-likeness (QED) is 0.732. The van der Waals surface area contributed by atoms with Crippen molar-refractivity contribution in [2.75, 3.05) is 0 Å². The van der Waals surface area contributed by atoms with E-state index in [1.807, 2.05) is 0 Å². The lowest BCUT2D eigenvalue weighted by Gasteiger charge is -2.22. The standard InChI is InChI=1S/C13H17FN2O3/c1-13(2,15)12(19)16-10(11(17)18)7-8-4-3-5-9(14)6-8/h3-6,10H,7,15H2,1-2H3,(H,16,19)(H,17,18). The van der Waals surface area contributed by atoms with E-state index in [0.717, 1.165) is 0 Å². The maximum atomic E-state index is 13.0. The van der Waals surface area contributed by atoms with E-state index in [2.05, 4.69) is 5.32 Å². The molecule has 0 heterocycles. The van der Waals surface area contributed by atoms with Gasteiger partial charge in [-0.25, -0.2) is 9.18 Å². The maximum absolute atomic E-state index is 13.0. The van der Waals surface area contributed by atoms with Crippen molar-refractivity contribution in [2.24, 2.45) is 5.73 Å². The van der Waals surface area contributed by atoms with Gasteiger partial charge in [-0.05, 0) is 31.5 Å². The van der Waals surface area contributed by atoms with Gasteiger partial charge >= 0.3 is 5.97 Å². The lowest BCUT2D eigenvalue weighted by Crippen LogP contribution is -2.54. The zero-order chi connectivity index (χ0) is 14.6. The molecule has 1 aromatic carbocycles. The number of carboxylic acids is 1. The van der Waals surface area contributed by atoms with Crippen LogP contribution in [0, 0.1) is 5.82 Å². The topological polar surface area (TPSA) is 92.4 Å². The number of carbonyl (C=O) groups excluding carboxylic acids is 1. The van der Waals surface area contributed by atoms with Crippen molar-refractivity contribution in [3.63, 3.8) is 0 Å². The van der Waals surface area contributed by atoms with Gasteiger partial charge < -0.3 is 16.2 Å². The zero-order valence-electron chi connectivity index (χ0n) is 10.8. The summed E-state index contributed by atoms with van der Waals surface area (Å²) < 4.78 is 13.0. The Balaban J connectivity index is 2.80. The molecule has 1 unspecified atom stereocenters. The molecule has 0 aliphatic carbocycles. The largest absolute Gasteiger partial charge is 0.480 e. The van der Waals surface area contributed by atoms with E-state index in [9.17, 15) is 14.0 Å². The fourth-order valence-corrected chi connectivity index (χ4v) is 1.44. The average Bonchev–Trinajstić information content (AvgIpc) is 2.26. The molecule has 0 aliphatic heterocycles. The van der Waals surface area contributed by atoms with Crippen LogP contribution < -0.4 is 11.1 Å². The Morgan fingerprint density at radius 3 is 2.58 bits per heavy atom.